The third kappa shape index (κ3) is 3.89. The first kappa shape index (κ1) is 27.1. The van der Waals surface area contributed by atoms with Crippen molar-refractivity contribution in [1.29, 1.82) is 0 Å². The summed E-state index contributed by atoms with van der Waals surface area (Å²) in [6, 6.07) is 43.6. The summed E-state index contributed by atoms with van der Waals surface area (Å²) in [5, 5.41) is 5.55. The summed E-state index contributed by atoms with van der Waals surface area (Å²) in [5.41, 5.74) is 12.0. The van der Waals surface area contributed by atoms with E-state index in [4.69, 9.17) is 0 Å². The number of hydrogen-bond donors (Lipinski definition) is 0. The Bertz CT molecular complexity index is 2480. The average molecular weight is 615 g/mol. The van der Waals surface area contributed by atoms with Crippen molar-refractivity contribution >= 4 is 63.0 Å². The zero-order chi connectivity index (χ0) is 30.7. The van der Waals surface area contributed by atoms with Gasteiger partial charge in [-0.25, -0.2) is 0 Å². The second-order valence-electron chi connectivity index (χ2n) is 14.1. The minimum atomic E-state index is -0.0654. The molecule has 218 valence electrons. The van der Waals surface area contributed by atoms with Gasteiger partial charge in [0.2, 0.25) is 0 Å². The van der Waals surface area contributed by atoms with E-state index in [-0.39, 0.29) is 10.8 Å². The molecule has 0 unspecified atom stereocenters. The summed E-state index contributed by atoms with van der Waals surface area (Å²) in [4.78, 5) is 0. The zero-order valence-corrected chi connectivity index (χ0v) is 27.9. The van der Waals surface area contributed by atoms with E-state index in [1.807, 2.05) is 22.7 Å². The van der Waals surface area contributed by atoms with E-state index >= 15 is 0 Å². The van der Waals surface area contributed by atoms with Gasteiger partial charge in [0.1, 0.15) is 0 Å². The lowest BCUT2D eigenvalue weighted by molar-refractivity contribution is 0.598. The molecule has 6 aromatic carbocycles. The molecule has 2 heteroatoms. The van der Waals surface area contributed by atoms with Gasteiger partial charge < -0.3 is 0 Å². The fourth-order valence-corrected chi connectivity index (χ4v) is 10.6. The molecule has 0 saturated heterocycles. The van der Waals surface area contributed by atoms with Crippen molar-refractivity contribution in [3.8, 4) is 33.4 Å². The number of hydrogen-bond acceptors (Lipinski definition) is 2. The van der Waals surface area contributed by atoms with Crippen LogP contribution in [-0.2, 0) is 10.8 Å². The molecule has 0 radical (unpaired) electrons. The maximum absolute atomic E-state index is 2.49. The van der Waals surface area contributed by atoms with E-state index in [0.717, 1.165) is 0 Å². The molecule has 0 nitrogen and oxygen atoms in total. The molecule has 0 saturated carbocycles. The van der Waals surface area contributed by atoms with Crippen LogP contribution in [-0.4, -0.2) is 0 Å². The maximum Gasteiger partial charge on any atom is 0.0433 e. The number of benzene rings is 6. The summed E-state index contributed by atoms with van der Waals surface area (Å²) < 4.78 is 5.53. The van der Waals surface area contributed by atoms with E-state index in [1.54, 1.807) is 0 Å². The van der Waals surface area contributed by atoms with Gasteiger partial charge in [-0.1, -0.05) is 132 Å². The lowest BCUT2D eigenvalue weighted by atomic mass is 9.73. The van der Waals surface area contributed by atoms with E-state index in [2.05, 4.69) is 150 Å². The van der Waals surface area contributed by atoms with Gasteiger partial charge in [0, 0.05) is 45.8 Å². The Morgan fingerprint density at radius 1 is 0.511 bits per heavy atom. The predicted octanol–water partition coefficient (Wildman–Crippen LogP) is 13.4. The standard InChI is InChI=1S/C43H34S2/c1-42(2,3)39-29(20-21-32-31-17-10-16-30(40(31)45-41(32)39)25-12-7-6-8-13-25)27-23-33-26-14-9-15-28(22-26)43(4,5)34-18-11-19-35-38(34)37(33)36(24-27)44-35/h6-24H,1-5H3. The molecule has 0 atom stereocenters. The van der Waals surface area contributed by atoms with Gasteiger partial charge in [0.05, 0.1) is 0 Å². The second kappa shape index (κ2) is 9.39. The van der Waals surface area contributed by atoms with Crippen molar-refractivity contribution in [1.82, 2.24) is 0 Å². The molecule has 1 aliphatic rings. The van der Waals surface area contributed by atoms with Crippen LogP contribution in [0.15, 0.2) is 115 Å². The monoisotopic (exact) mass is 614 g/mol. The van der Waals surface area contributed by atoms with Crippen molar-refractivity contribution in [2.45, 2.75) is 45.4 Å². The van der Waals surface area contributed by atoms with Crippen LogP contribution in [0.5, 0.6) is 0 Å². The Labute approximate surface area is 272 Å². The van der Waals surface area contributed by atoms with Gasteiger partial charge in [0.15, 0.2) is 0 Å². The molecule has 0 spiro atoms. The van der Waals surface area contributed by atoms with Gasteiger partial charge in [-0.05, 0) is 73.7 Å². The number of fused-ring (bicyclic) bond motifs is 6. The Morgan fingerprint density at radius 3 is 2.09 bits per heavy atom. The van der Waals surface area contributed by atoms with Gasteiger partial charge >= 0.3 is 0 Å². The summed E-state index contributed by atoms with van der Waals surface area (Å²) in [5.74, 6) is 0. The first-order valence-corrected chi connectivity index (χ1v) is 17.5. The highest BCUT2D eigenvalue weighted by Gasteiger charge is 2.31. The smallest absolute Gasteiger partial charge is 0.0433 e. The Hall–Kier alpha value is -4.24. The topological polar surface area (TPSA) is 0 Å². The van der Waals surface area contributed by atoms with Crippen LogP contribution in [0.3, 0.4) is 0 Å². The van der Waals surface area contributed by atoms with Crippen molar-refractivity contribution in [2.24, 2.45) is 0 Å². The molecule has 45 heavy (non-hydrogen) atoms. The zero-order valence-electron chi connectivity index (χ0n) is 26.3. The van der Waals surface area contributed by atoms with Gasteiger partial charge in [0.25, 0.3) is 0 Å². The van der Waals surface area contributed by atoms with Crippen LogP contribution in [0, 0.1) is 0 Å². The molecule has 2 bridgehead atoms. The second-order valence-corrected chi connectivity index (χ2v) is 16.3. The van der Waals surface area contributed by atoms with Crippen LogP contribution in [0.1, 0.15) is 51.3 Å². The van der Waals surface area contributed by atoms with Crippen molar-refractivity contribution in [3.05, 3.63) is 132 Å². The highest BCUT2D eigenvalue weighted by molar-refractivity contribution is 7.26. The van der Waals surface area contributed by atoms with E-state index < -0.39 is 0 Å². The fourth-order valence-electron chi connectivity index (χ4n) is 7.77. The van der Waals surface area contributed by atoms with Crippen LogP contribution in [0.2, 0.25) is 0 Å². The number of thiophene rings is 2. The number of rotatable bonds is 2. The Morgan fingerprint density at radius 2 is 1.27 bits per heavy atom. The van der Waals surface area contributed by atoms with Crippen LogP contribution >= 0.6 is 22.7 Å². The van der Waals surface area contributed by atoms with E-state index in [1.165, 1.54) is 90.4 Å². The average Bonchev–Trinajstić information content (AvgIpc) is 3.61. The molecule has 0 N–H and O–H groups in total. The predicted molar refractivity (Wildman–Crippen MR) is 199 cm³/mol. The quantitative estimate of drug-likeness (QED) is 0.182. The molecule has 0 amide bonds. The fraction of sp³-hybridized carbons (Fsp3) is 0.163. The molecule has 8 aromatic rings. The van der Waals surface area contributed by atoms with Gasteiger partial charge in [-0.3, -0.25) is 0 Å². The molecule has 0 aliphatic heterocycles. The Kier molecular flexibility index (Phi) is 5.65. The summed E-state index contributed by atoms with van der Waals surface area (Å²) in [6.45, 7) is 11.9. The van der Waals surface area contributed by atoms with Gasteiger partial charge in [-0.2, -0.15) is 0 Å². The van der Waals surface area contributed by atoms with Crippen LogP contribution < -0.4 is 0 Å². The SMILES string of the molecule is CC(C)(C)c1c(-c2cc3c4c(c2)sc2cccc(c24)C(C)(C)c2cccc-3c2)ccc2c1sc1c(-c3ccccc3)cccc12. The largest absolute Gasteiger partial charge is 0.135 e. The lowest BCUT2D eigenvalue weighted by Gasteiger charge is -2.30. The summed E-state index contributed by atoms with van der Waals surface area (Å²) in [6.07, 6.45) is 0. The van der Waals surface area contributed by atoms with Crippen molar-refractivity contribution in [2.75, 3.05) is 0 Å². The first-order valence-electron chi connectivity index (χ1n) is 15.9. The maximum atomic E-state index is 2.49. The first-order chi connectivity index (χ1) is 21.7. The van der Waals surface area contributed by atoms with Crippen molar-refractivity contribution in [3.63, 3.8) is 0 Å². The lowest BCUT2D eigenvalue weighted by Crippen LogP contribution is -2.20. The molecule has 2 heterocycles. The highest BCUT2D eigenvalue weighted by atomic mass is 32.1. The summed E-state index contributed by atoms with van der Waals surface area (Å²) >= 11 is 3.91. The molecular weight excluding hydrogens is 581 g/mol. The van der Waals surface area contributed by atoms with Gasteiger partial charge in [-0.15, -0.1) is 22.7 Å². The Balaban J connectivity index is 1.37. The highest BCUT2D eigenvalue weighted by Crippen LogP contribution is 2.52. The van der Waals surface area contributed by atoms with Crippen molar-refractivity contribution < 1.29 is 0 Å². The van der Waals surface area contributed by atoms with Crippen LogP contribution in [0.25, 0.3) is 73.7 Å². The molecular formula is C43H34S2. The third-order valence-electron chi connectivity index (χ3n) is 9.98. The molecule has 0 fully saturated rings. The van der Waals surface area contributed by atoms with Crippen LogP contribution in [0.4, 0.5) is 0 Å². The van der Waals surface area contributed by atoms with E-state index in [0.29, 0.717) is 0 Å². The minimum absolute atomic E-state index is 0.0412. The third-order valence-corrected chi connectivity index (χ3v) is 12.4. The minimum Gasteiger partial charge on any atom is -0.135 e. The molecule has 9 rings (SSSR count). The molecule has 1 aliphatic carbocycles. The van der Waals surface area contributed by atoms with E-state index in [9.17, 15) is 0 Å². The molecule has 2 aromatic heterocycles. The normalized spacial score (nSPS) is 14.1. The summed E-state index contributed by atoms with van der Waals surface area (Å²) in [7, 11) is 0.